The summed E-state index contributed by atoms with van der Waals surface area (Å²) in [5, 5.41) is 34.8. The number of rotatable bonds is 0. The molecule has 0 radical (unpaired) electrons. The third-order valence-electron chi connectivity index (χ3n) is 3.28. The Kier molecular flexibility index (Phi) is 2.25. The van der Waals surface area contributed by atoms with Gasteiger partial charge in [-0.3, -0.25) is 9.59 Å². The number of phenols is 2. The maximum Gasteiger partial charge on any atom is 0.190 e. The van der Waals surface area contributed by atoms with Gasteiger partial charge < -0.3 is 21.0 Å². The van der Waals surface area contributed by atoms with Gasteiger partial charge in [0.15, 0.2) is 10.9 Å². The zero-order valence-corrected chi connectivity index (χ0v) is 10.0. The van der Waals surface area contributed by atoms with Crippen molar-refractivity contribution in [1.82, 2.24) is 0 Å². The van der Waals surface area contributed by atoms with Crippen molar-refractivity contribution in [2.45, 2.75) is 0 Å². The highest BCUT2D eigenvalue weighted by Crippen LogP contribution is 2.34. The molecule has 3 rings (SSSR count). The Morgan fingerprint density at radius 2 is 1.00 bits per heavy atom. The van der Waals surface area contributed by atoms with Crippen LogP contribution in [0.5, 0.6) is 11.5 Å². The topological polar surface area (TPSA) is 122 Å². The van der Waals surface area contributed by atoms with Crippen LogP contribution in [0.4, 0.5) is 0 Å². The molecule has 0 aliphatic rings. The Morgan fingerprint density at radius 1 is 0.650 bits per heavy atom. The molecular formula is C14H8N2O4. The van der Waals surface area contributed by atoms with E-state index in [-0.39, 0.29) is 32.3 Å². The molecule has 4 N–H and O–H groups in total. The van der Waals surface area contributed by atoms with Gasteiger partial charge >= 0.3 is 0 Å². The van der Waals surface area contributed by atoms with Crippen LogP contribution in [-0.4, -0.2) is 10.2 Å². The predicted octanol–water partition coefficient (Wildman–Crippen LogP) is -0.0409. The summed E-state index contributed by atoms with van der Waals surface area (Å²) in [4.78, 5) is 23.7. The standard InChI is InChI=1S/C14H8N2O4/c15-5-1-2-6(16)10-9(5)13(19)11-7(17)3-4-8(18)12(11)14(10)20/h1-4,15-16,19-20H. The number of aromatic hydroxyl groups is 2. The molecule has 0 heterocycles. The number of benzene rings is 3. The highest BCUT2D eigenvalue weighted by atomic mass is 16.3. The molecule has 6 nitrogen and oxygen atoms in total. The molecule has 0 aromatic heterocycles. The highest BCUT2D eigenvalue weighted by molar-refractivity contribution is 6.09. The van der Waals surface area contributed by atoms with E-state index in [1.54, 1.807) is 0 Å². The first-order valence-electron chi connectivity index (χ1n) is 5.68. The zero-order chi connectivity index (χ0) is 14.6. The first-order valence-corrected chi connectivity index (χ1v) is 5.68. The van der Waals surface area contributed by atoms with Crippen molar-refractivity contribution in [3.63, 3.8) is 0 Å². The lowest BCUT2D eigenvalue weighted by Gasteiger charge is -2.08. The second-order valence-corrected chi connectivity index (χ2v) is 4.42. The van der Waals surface area contributed by atoms with Crippen LogP contribution in [0.3, 0.4) is 0 Å². The minimum Gasteiger partial charge on any atom is -0.506 e. The van der Waals surface area contributed by atoms with Crippen molar-refractivity contribution < 1.29 is 10.2 Å². The largest absolute Gasteiger partial charge is 0.506 e. The van der Waals surface area contributed by atoms with Gasteiger partial charge in [-0.05, 0) is 24.3 Å². The number of hydrogen-bond acceptors (Lipinski definition) is 6. The molecule has 0 bridgehead atoms. The van der Waals surface area contributed by atoms with Gasteiger partial charge in [0.25, 0.3) is 0 Å². The number of fused-ring (bicyclic) bond motifs is 2. The molecule has 0 aliphatic heterocycles. The van der Waals surface area contributed by atoms with Crippen molar-refractivity contribution in [2.75, 3.05) is 0 Å². The van der Waals surface area contributed by atoms with Crippen molar-refractivity contribution in [3.05, 3.63) is 55.4 Å². The fraction of sp³-hybridized carbons (Fsp3) is 0. The normalized spacial score (nSPS) is 11.2. The number of hydrogen-bond donors (Lipinski definition) is 4. The molecular weight excluding hydrogens is 260 g/mol. The molecule has 6 heteroatoms. The van der Waals surface area contributed by atoms with E-state index in [4.69, 9.17) is 10.8 Å². The van der Waals surface area contributed by atoms with Crippen molar-refractivity contribution in [1.29, 1.82) is 10.8 Å². The van der Waals surface area contributed by atoms with Gasteiger partial charge in [0, 0.05) is 0 Å². The van der Waals surface area contributed by atoms with E-state index in [1.165, 1.54) is 12.1 Å². The lowest BCUT2D eigenvalue weighted by Crippen LogP contribution is -2.15. The van der Waals surface area contributed by atoms with Crippen LogP contribution < -0.4 is 21.6 Å². The average molecular weight is 268 g/mol. The van der Waals surface area contributed by atoms with Crippen molar-refractivity contribution in [2.24, 2.45) is 0 Å². The minimum atomic E-state index is -0.621. The van der Waals surface area contributed by atoms with Gasteiger partial charge in [0.1, 0.15) is 11.5 Å². The van der Waals surface area contributed by atoms with Crippen LogP contribution in [0.15, 0.2) is 33.9 Å². The second kappa shape index (κ2) is 3.74. The average Bonchev–Trinajstić information content (AvgIpc) is 2.41. The van der Waals surface area contributed by atoms with E-state index < -0.39 is 22.4 Å². The van der Waals surface area contributed by atoms with E-state index >= 15 is 0 Å². The summed E-state index contributed by atoms with van der Waals surface area (Å²) in [6.45, 7) is 0. The summed E-state index contributed by atoms with van der Waals surface area (Å²) >= 11 is 0. The van der Waals surface area contributed by atoms with Crippen LogP contribution in [0, 0.1) is 10.8 Å². The smallest absolute Gasteiger partial charge is 0.190 e. The summed E-state index contributed by atoms with van der Waals surface area (Å²) in [5.41, 5.74) is -1.24. The molecule has 0 fully saturated rings. The van der Waals surface area contributed by atoms with Crippen LogP contribution >= 0.6 is 0 Å². The number of phenolic OH excluding ortho intramolecular Hbond substituents is 2. The fourth-order valence-corrected chi connectivity index (χ4v) is 2.38. The molecule has 0 spiro atoms. The Labute approximate surface area is 110 Å². The van der Waals surface area contributed by atoms with Crippen LogP contribution in [0.25, 0.3) is 21.5 Å². The Balaban J connectivity index is 2.94. The molecule has 3 aromatic rings. The Bertz CT molecular complexity index is 920. The zero-order valence-electron chi connectivity index (χ0n) is 10.0. The minimum absolute atomic E-state index is 0.106. The lowest BCUT2D eigenvalue weighted by molar-refractivity contribution is 0.477. The fourth-order valence-electron chi connectivity index (χ4n) is 2.38. The molecule has 0 unspecified atom stereocenters. The molecule has 3 aromatic carbocycles. The molecule has 0 atom stereocenters. The third-order valence-corrected chi connectivity index (χ3v) is 3.28. The SMILES string of the molecule is N=c1ccc(=N)c2c(O)c3c(=O)ccc(=O)c3c(O)c12. The molecule has 20 heavy (non-hydrogen) atoms. The van der Waals surface area contributed by atoms with Crippen LogP contribution in [-0.2, 0) is 0 Å². The van der Waals surface area contributed by atoms with E-state index in [1.807, 2.05) is 0 Å². The maximum atomic E-state index is 11.8. The predicted molar refractivity (Wildman–Crippen MR) is 71.4 cm³/mol. The van der Waals surface area contributed by atoms with Gasteiger partial charge in [-0.1, -0.05) is 0 Å². The molecule has 98 valence electrons. The van der Waals surface area contributed by atoms with Crippen LogP contribution in [0.1, 0.15) is 0 Å². The van der Waals surface area contributed by atoms with Gasteiger partial charge in [0.2, 0.25) is 0 Å². The quantitative estimate of drug-likeness (QED) is 0.337. The summed E-state index contributed by atoms with van der Waals surface area (Å²) < 4.78 is 0. The molecule has 0 saturated carbocycles. The maximum absolute atomic E-state index is 11.8. The number of nitrogens with one attached hydrogen (secondary N) is 2. The Morgan fingerprint density at radius 3 is 1.35 bits per heavy atom. The molecule has 0 amide bonds. The third kappa shape index (κ3) is 1.33. The van der Waals surface area contributed by atoms with E-state index in [2.05, 4.69) is 0 Å². The first kappa shape index (κ1) is 12.0. The van der Waals surface area contributed by atoms with Gasteiger partial charge in [0.05, 0.1) is 32.3 Å². The van der Waals surface area contributed by atoms with Gasteiger partial charge in [-0.15, -0.1) is 0 Å². The van der Waals surface area contributed by atoms with Gasteiger partial charge in [-0.2, -0.15) is 0 Å². The van der Waals surface area contributed by atoms with Crippen LogP contribution in [0.2, 0.25) is 0 Å². The van der Waals surface area contributed by atoms with Gasteiger partial charge in [-0.25, -0.2) is 0 Å². The van der Waals surface area contributed by atoms with Crippen molar-refractivity contribution >= 4 is 21.5 Å². The summed E-state index contributed by atoms with van der Waals surface area (Å²) in [6.07, 6.45) is 0. The molecule has 0 aliphatic carbocycles. The van der Waals surface area contributed by atoms with E-state index in [0.717, 1.165) is 12.1 Å². The first-order chi connectivity index (χ1) is 9.43. The monoisotopic (exact) mass is 268 g/mol. The van der Waals surface area contributed by atoms with Crippen molar-refractivity contribution in [3.8, 4) is 11.5 Å². The summed E-state index contributed by atoms with van der Waals surface area (Å²) in [5.74, 6) is -1.09. The summed E-state index contributed by atoms with van der Waals surface area (Å²) in [6, 6.07) is 4.57. The highest BCUT2D eigenvalue weighted by Gasteiger charge is 2.19. The van der Waals surface area contributed by atoms with E-state index in [9.17, 15) is 19.8 Å². The van der Waals surface area contributed by atoms with E-state index in [0.29, 0.717) is 0 Å². The summed E-state index contributed by atoms with van der Waals surface area (Å²) in [7, 11) is 0. The lowest BCUT2D eigenvalue weighted by atomic mass is 9.99. The molecule has 0 saturated heterocycles. The Hall–Kier alpha value is -3.02. The second-order valence-electron chi connectivity index (χ2n) is 4.42.